The minimum absolute atomic E-state index is 0.104. The summed E-state index contributed by atoms with van der Waals surface area (Å²) in [7, 11) is 0. The van der Waals surface area contributed by atoms with Gasteiger partial charge in [-0.2, -0.15) is 0 Å². The third-order valence-corrected chi connectivity index (χ3v) is 4.83. The summed E-state index contributed by atoms with van der Waals surface area (Å²) in [6.07, 6.45) is 7.16. The summed E-state index contributed by atoms with van der Waals surface area (Å²) in [6.45, 7) is 2.02. The first kappa shape index (κ1) is 12.7. The summed E-state index contributed by atoms with van der Waals surface area (Å²) < 4.78 is 0. The minimum Gasteiger partial charge on any atom is -0.481 e. The minimum atomic E-state index is -0.811. The van der Waals surface area contributed by atoms with Gasteiger partial charge >= 0.3 is 5.97 Å². The number of carbonyl (C=O) groups excluding carboxylic acids is 1. The van der Waals surface area contributed by atoms with Gasteiger partial charge in [-0.3, -0.25) is 9.59 Å². The van der Waals surface area contributed by atoms with Crippen molar-refractivity contribution in [1.82, 2.24) is 10.6 Å². The zero-order valence-corrected chi connectivity index (χ0v) is 10.9. The van der Waals surface area contributed by atoms with Gasteiger partial charge in [-0.05, 0) is 44.2 Å². The summed E-state index contributed by atoms with van der Waals surface area (Å²) in [5.41, 5.74) is 0.240. The molecule has 0 bridgehead atoms. The van der Waals surface area contributed by atoms with E-state index in [2.05, 4.69) is 10.6 Å². The number of hydrogen-bond donors (Lipinski definition) is 3. The molecule has 1 spiro atoms. The van der Waals surface area contributed by atoms with E-state index < -0.39 is 11.9 Å². The van der Waals surface area contributed by atoms with E-state index in [0.29, 0.717) is 6.42 Å². The van der Waals surface area contributed by atoms with Crippen LogP contribution in [-0.2, 0) is 9.59 Å². The van der Waals surface area contributed by atoms with Gasteiger partial charge in [0.05, 0.1) is 5.92 Å². The molecule has 5 nitrogen and oxygen atoms in total. The molecule has 3 unspecified atom stereocenters. The standard InChI is InChI=1S/C14H20N2O3/c17-12(11-8-14(11)3-5-15-6-4-14)16-10-2-1-9(7-10)13(18)19/h1-2,9-11,15H,3-8H2,(H,16,17)(H,18,19). The Balaban J connectivity index is 1.51. The van der Waals surface area contributed by atoms with Crippen LogP contribution in [0.25, 0.3) is 0 Å². The largest absolute Gasteiger partial charge is 0.481 e. The Hall–Kier alpha value is -1.36. The average Bonchev–Trinajstić information content (AvgIpc) is 2.86. The van der Waals surface area contributed by atoms with Crippen molar-refractivity contribution in [1.29, 1.82) is 0 Å². The molecule has 2 aliphatic carbocycles. The van der Waals surface area contributed by atoms with Crippen LogP contribution in [-0.4, -0.2) is 36.1 Å². The van der Waals surface area contributed by atoms with Gasteiger partial charge in [0, 0.05) is 12.0 Å². The molecule has 1 aliphatic heterocycles. The Labute approximate surface area is 112 Å². The van der Waals surface area contributed by atoms with Crippen LogP contribution in [0.2, 0.25) is 0 Å². The van der Waals surface area contributed by atoms with Gasteiger partial charge in [0.2, 0.25) is 5.91 Å². The predicted octanol–water partition coefficient (Wildman–Crippen LogP) is 0.522. The molecule has 3 aliphatic rings. The van der Waals surface area contributed by atoms with Crippen LogP contribution in [0.4, 0.5) is 0 Å². The summed E-state index contributed by atoms with van der Waals surface area (Å²) in [4.78, 5) is 23.0. The molecule has 0 aromatic rings. The Morgan fingerprint density at radius 3 is 2.63 bits per heavy atom. The Morgan fingerprint density at radius 1 is 1.26 bits per heavy atom. The lowest BCUT2D eigenvalue weighted by Crippen LogP contribution is -2.37. The van der Waals surface area contributed by atoms with Crippen molar-refractivity contribution >= 4 is 11.9 Å². The van der Waals surface area contributed by atoms with Gasteiger partial charge in [0.25, 0.3) is 0 Å². The van der Waals surface area contributed by atoms with Crippen LogP contribution in [0.5, 0.6) is 0 Å². The molecule has 19 heavy (non-hydrogen) atoms. The van der Waals surface area contributed by atoms with Crippen LogP contribution in [0.1, 0.15) is 25.7 Å². The van der Waals surface area contributed by atoms with Crippen molar-refractivity contribution in [2.45, 2.75) is 31.7 Å². The van der Waals surface area contributed by atoms with E-state index in [9.17, 15) is 9.59 Å². The quantitative estimate of drug-likeness (QED) is 0.649. The molecule has 3 rings (SSSR count). The monoisotopic (exact) mass is 264 g/mol. The number of nitrogens with one attached hydrogen (secondary N) is 2. The lowest BCUT2D eigenvalue weighted by atomic mass is 9.91. The maximum Gasteiger partial charge on any atom is 0.310 e. The molecule has 1 heterocycles. The molecule has 1 saturated carbocycles. The number of carboxylic acids is 1. The molecular formula is C14H20N2O3. The lowest BCUT2D eigenvalue weighted by molar-refractivity contribution is -0.140. The molecule has 1 amide bonds. The van der Waals surface area contributed by atoms with E-state index >= 15 is 0 Å². The molecule has 3 atom stereocenters. The van der Waals surface area contributed by atoms with E-state index in [4.69, 9.17) is 5.11 Å². The number of carboxylic acid groups (broad SMARTS) is 1. The normalized spacial score (nSPS) is 35.3. The third kappa shape index (κ3) is 2.39. The first-order valence-corrected chi connectivity index (χ1v) is 7.03. The maximum atomic E-state index is 12.2. The zero-order chi connectivity index (χ0) is 13.5. The highest BCUT2D eigenvalue weighted by Crippen LogP contribution is 2.58. The number of aliphatic carboxylic acids is 1. The van der Waals surface area contributed by atoms with Crippen LogP contribution >= 0.6 is 0 Å². The highest BCUT2D eigenvalue weighted by atomic mass is 16.4. The fourth-order valence-electron chi connectivity index (χ4n) is 3.47. The van der Waals surface area contributed by atoms with Crippen molar-refractivity contribution in [2.75, 3.05) is 13.1 Å². The molecule has 104 valence electrons. The molecule has 0 radical (unpaired) electrons. The Morgan fingerprint density at radius 2 is 2.00 bits per heavy atom. The van der Waals surface area contributed by atoms with Crippen molar-refractivity contribution in [3.63, 3.8) is 0 Å². The van der Waals surface area contributed by atoms with Crippen molar-refractivity contribution < 1.29 is 14.7 Å². The van der Waals surface area contributed by atoms with E-state index in [1.54, 1.807) is 6.08 Å². The van der Waals surface area contributed by atoms with Crippen LogP contribution in [0, 0.1) is 17.3 Å². The number of piperidine rings is 1. The second-order valence-electron chi connectivity index (χ2n) is 6.05. The van der Waals surface area contributed by atoms with Gasteiger partial charge in [0.1, 0.15) is 0 Å². The molecule has 2 fully saturated rings. The number of hydrogen-bond acceptors (Lipinski definition) is 3. The summed E-state index contributed by atoms with van der Waals surface area (Å²) >= 11 is 0. The number of carbonyl (C=O) groups is 2. The Kier molecular flexibility index (Phi) is 3.09. The molecule has 0 aromatic heterocycles. The third-order valence-electron chi connectivity index (χ3n) is 4.83. The SMILES string of the molecule is O=C(O)C1C=CC(NC(=O)C2CC23CCNCC3)C1. The van der Waals surface area contributed by atoms with Gasteiger partial charge in [0.15, 0.2) is 0 Å². The second kappa shape index (κ2) is 4.63. The van der Waals surface area contributed by atoms with E-state index in [0.717, 1.165) is 32.4 Å². The summed E-state index contributed by atoms with van der Waals surface area (Å²) in [5.74, 6) is -0.999. The molecular weight excluding hydrogens is 244 g/mol. The van der Waals surface area contributed by atoms with Gasteiger partial charge in [-0.15, -0.1) is 0 Å². The van der Waals surface area contributed by atoms with Gasteiger partial charge in [-0.1, -0.05) is 12.2 Å². The van der Waals surface area contributed by atoms with Crippen molar-refractivity contribution in [3.05, 3.63) is 12.2 Å². The Bertz CT molecular complexity index is 426. The number of rotatable bonds is 3. The lowest BCUT2D eigenvalue weighted by Gasteiger charge is -2.23. The van der Waals surface area contributed by atoms with Crippen LogP contribution < -0.4 is 10.6 Å². The second-order valence-corrected chi connectivity index (χ2v) is 6.05. The van der Waals surface area contributed by atoms with Gasteiger partial charge < -0.3 is 15.7 Å². The molecule has 1 saturated heterocycles. The number of amides is 1. The average molecular weight is 264 g/mol. The molecule has 0 aromatic carbocycles. The molecule has 5 heteroatoms. The first-order chi connectivity index (χ1) is 9.11. The highest BCUT2D eigenvalue weighted by molar-refractivity contribution is 5.83. The van der Waals surface area contributed by atoms with Crippen LogP contribution in [0.15, 0.2) is 12.2 Å². The fourth-order valence-corrected chi connectivity index (χ4v) is 3.47. The topological polar surface area (TPSA) is 78.4 Å². The van der Waals surface area contributed by atoms with Crippen molar-refractivity contribution in [3.8, 4) is 0 Å². The highest BCUT2D eigenvalue weighted by Gasteiger charge is 2.57. The van der Waals surface area contributed by atoms with Gasteiger partial charge in [-0.25, -0.2) is 0 Å². The zero-order valence-electron chi connectivity index (χ0n) is 10.9. The van der Waals surface area contributed by atoms with E-state index in [-0.39, 0.29) is 23.3 Å². The summed E-state index contributed by atoms with van der Waals surface area (Å²) in [6, 6.07) is -0.104. The van der Waals surface area contributed by atoms with Crippen molar-refractivity contribution in [2.24, 2.45) is 17.3 Å². The predicted molar refractivity (Wildman–Crippen MR) is 69.5 cm³/mol. The van der Waals surface area contributed by atoms with Crippen LogP contribution in [0.3, 0.4) is 0 Å². The first-order valence-electron chi connectivity index (χ1n) is 7.03. The fraction of sp³-hybridized carbons (Fsp3) is 0.714. The van der Waals surface area contributed by atoms with E-state index in [1.807, 2.05) is 6.08 Å². The smallest absolute Gasteiger partial charge is 0.310 e. The van der Waals surface area contributed by atoms with E-state index in [1.165, 1.54) is 0 Å². The summed E-state index contributed by atoms with van der Waals surface area (Å²) in [5, 5.41) is 15.2. The maximum absolute atomic E-state index is 12.2. The molecule has 3 N–H and O–H groups in total.